The average Bonchev–Trinajstić information content (AvgIpc) is 2.84. The lowest BCUT2D eigenvalue weighted by atomic mass is 10.3. The third-order valence-corrected chi connectivity index (χ3v) is 3.76. The molecule has 6 heteroatoms. The van der Waals surface area contributed by atoms with Gasteiger partial charge in [-0.3, -0.25) is 0 Å². The largest absolute Gasteiger partial charge is 0.369 e. The number of aryl methyl sites for hydroxylation is 1. The molecule has 5 nitrogen and oxygen atoms in total. The summed E-state index contributed by atoms with van der Waals surface area (Å²) in [7, 11) is 0. The van der Waals surface area contributed by atoms with Crippen molar-refractivity contribution in [1.29, 1.82) is 0 Å². The van der Waals surface area contributed by atoms with E-state index in [0.29, 0.717) is 11.9 Å². The van der Waals surface area contributed by atoms with Gasteiger partial charge in [-0.1, -0.05) is 0 Å². The first-order chi connectivity index (χ1) is 9.04. The number of nitrogens with one attached hydrogen (secondary N) is 1. The van der Waals surface area contributed by atoms with E-state index in [9.17, 15) is 0 Å². The zero-order valence-corrected chi connectivity index (χ0v) is 13.2. The van der Waals surface area contributed by atoms with Crippen LogP contribution in [0.5, 0.6) is 0 Å². The molecule has 0 spiro atoms. The van der Waals surface area contributed by atoms with Crippen LogP contribution in [0.1, 0.15) is 32.5 Å². The second kappa shape index (κ2) is 5.69. The number of hydrogen-bond acceptors (Lipinski definition) is 4. The van der Waals surface area contributed by atoms with Crippen LogP contribution in [-0.2, 0) is 0 Å². The SMILES string of the molecule is CCNc1nc(-c2cncn2C(C)C)nc(C)c1Br. The van der Waals surface area contributed by atoms with Crippen LogP contribution in [0.4, 0.5) is 5.82 Å². The minimum absolute atomic E-state index is 0.327. The molecular weight excluding hydrogens is 306 g/mol. The minimum Gasteiger partial charge on any atom is -0.369 e. The summed E-state index contributed by atoms with van der Waals surface area (Å²) >= 11 is 3.52. The fourth-order valence-corrected chi connectivity index (χ4v) is 2.17. The van der Waals surface area contributed by atoms with Gasteiger partial charge in [0.2, 0.25) is 0 Å². The third kappa shape index (κ3) is 2.78. The fraction of sp³-hybridized carbons (Fsp3) is 0.462. The van der Waals surface area contributed by atoms with Crippen LogP contribution in [0.25, 0.3) is 11.5 Å². The number of anilines is 1. The summed E-state index contributed by atoms with van der Waals surface area (Å²) in [6, 6.07) is 0.327. The van der Waals surface area contributed by atoms with Gasteiger partial charge in [0.1, 0.15) is 11.5 Å². The van der Waals surface area contributed by atoms with E-state index in [1.807, 2.05) is 20.2 Å². The van der Waals surface area contributed by atoms with Gasteiger partial charge in [-0.05, 0) is 43.6 Å². The van der Waals surface area contributed by atoms with Gasteiger partial charge in [0.15, 0.2) is 5.82 Å². The first kappa shape index (κ1) is 14.0. The molecule has 0 aromatic carbocycles. The van der Waals surface area contributed by atoms with Gasteiger partial charge in [0, 0.05) is 12.6 Å². The lowest BCUT2D eigenvalue weighted by Crippen LogP contribution is -2.07. The molecule has 2 heterocycles. The summed E-state index contributed by atoms with van der Waals surface area (Å²) in [5, 5.41) is 3.24. The summed E-state index contributed by atoms with van der Waals surface area (Å²) in [5.41, 5.74) is 1.85. The van der Waals surface area contributed by atoms with Gasteiger partial charge < -0.3 is 9.88 Å². The van der Waals surface area contributed by atoms with Crippen LogP contribution in [-0.4, -0.2) is 26.1 Å². The number of hydrogen-bond donors (Lipinski definition) is 1. The van der Waals surface area contributed by atoms with Crippen molar-refractivity contribution in [2.45, 2.75) is 33.7 Å². The first-order valence-electron chi connectivity index (χ1n) is 6.34. The Morgan fingerprint density at radius 2 is 2.11 bits per heavy atom. The molecule has 0 saturated heterocycles. The molecule has 0 bridgehead atoms. The van der Waals surface area contributed by atoms with Crippen LogP contribution in [0.15, 0.2) is 17.0 Å². The Balaban J connectivity index is 2.53. The Labute approximate surface area is 121 Å². The Bertz CT molecular complexity index is 576. The summed E-state index contributed by atoms with van der Waals surface area (Å²) in [6.07, 6.45) is 3.62. The maximum absolute atomic E-state index is 4.58. The van der Waals surface area contributed by atoms with Gasteiger partial charge in [-0.2, -0.15) is 0 Å². The van der Waals surface area contributed by atoms with Crippen LogP contribution >= 0.6 is 15.9 Å². The summed E-state index contributed by atoms with van der Waals surface area (Å²) < 4.78 is 2.98. The van der Waals surface area contributed by atoms with E-state index in [1.54, 1.807) is 6.20 Å². The second-order valence-electron chi connectivity index (χ2n) is 4.61. The molecule has 0 aliphatic carbocycles. The molecule has 0 saturated carbocycles. The molecule has 0 fully saturated rings. The van der Waals surface area contributed by atoms with E-state index in [-0.39, 0.29) is 0 Å². The molecule has 2 rings (SSSR count). The van der Waals surface area contributed by atoms with E-state index < -0.39 is 0 Å². The van der Waals surface area contributed by atoms with Crippen LogP contribution in [0, 0.1) is 6.92 Å². The highest BCUT2D eigenvalue weighted by Gasteiger charge is 2.14. The van der Waals surface area contributed by atoms with E-state index in [1.165, 1.54) is 0 Å². The predicted octanol–water partition coefficient (Wildman–Crippen LogP) is 3.42. The lowest BCUT2D eigenvalue weighted by molar-refractivity contribution is 0.603. The van der Waals surface area contributed by atoms with E-state index >= 15 is 0 Å². The number of aromatic nitrogens is 4. The second-order valence-corrected chi connectivity index (χ2v) is 5.40. The Morgan fingerprint density at radius 1 is 1.37 bits per heavy atom. The van der Waals surface area contributed by atoms with E-state index in [4.69, 9.17) is 0 Å². The maximum atomic E-state index is 4.58. The van der Waals surface area contributed by atoms with Crippen LogP contribution in [0.2, 0.25) is 0 Å². The zero-order chi connectivity index (χ0) is 14.0. The highest BCUT2D eigenvalue weighted by atomic mass is 79.9. The fourth-order valence-electron chi connectivity index (χ4n) is 1.85. The van der Waals surface area contributed by atoms with Crippen molar-refractivity contribution < 1.29 is 0 Å². The molecule has 0 radical (unpaired) electrons. The molecule has 1 N–H and O–H groups in total. The molecule has 2 aromatic heterocycles. The van der Waals surface area contributed by atoms with E-state index in [2.05, 4.69) is 54.6 Å². The molecule has 0 amide bonds. The number of nitrogens with zero attached hydrogens (tertiary/aromatic N) is 4. The predicted molar refractivity (Wildman–Crippen MR) is 80.2 cm³/mol. The lowest BCUT2D eigenvalue weighted by Gasteiger charge is -2.13. The number of imidazole rings is 1. The van der Waals surface area contributed by atoms with Crippen LogP contribution in [0.3, 0.4) is 0 Å². The van der Waals surface area contributed by atoms with Crippen LogP contribution < -0.4 is 5.32 Å². The van der Waals surface area contributed by atoms with Crippen molar-refractivity contribution in [3.8, 4) is 11.5 Å². The van der Waals surface area contributed by atoms with Gasteiger partial charge >= 0.3 is 0 Å². The summed E-state index contributed by atoms with van der Waals surface area (Å²) in [6.45, 7) is 9.05. The summed E-state index contributed by atoms with van der Waals surface area (Å²) in [4.78, 5) is 13.3. The quantitative estimate of drug-likeness (QED) is 0.936. The minimum atomic E-state index is 0.327. The number of halogens is 1. The summed E-state index contributed by atoms with van der Waals surface area (Å²) in [5.74, 6) is 1.52. The topological polar surface area (TPSA) is 55.6 Å². The maximum Gasteiger partial charge on any atom is 0.180 e. The van der Waals surface area contributed by atoms with Crippen molar-refractivity contribution >= 4 is 21.7 Å². The zero-order valence-electron chi connectivity index (χ0n) is 11.6. The van der Waals surface area contributed by atoms with Crippen molar-refractivity contribution in [1.82, 2.24) is 19.5 Å². The molecule has 0 unspecified atom stereocenters. The Morgan fingerprint density at radius 3 is 2.74 bits per heavy atom. The van der Waals surface area contributed by atoms with Gasteiger partial charge in [-0.15, -0.1) is 0 Å². The average molecular weight is 324 g/mol. The van der Waals surface area contributed by atoms with Crippen molar-refractivity contribution in [3.05, 3.63) is 22.7 Å². The monoisotopic (exact) mass is 323 g/mol. The highest BCUT2D eigenvalue weighted by molar-refractivity contribution is 9.10. The van der Waals surface area contributed by atoms with Gasteiger partial charge in [0.25, 0.3) is 0 Å². The first-order valence-corrected chi connectivity index (χ1v) is 7.14. The smallest absolute Gasteiger partial charge is 0.180 e. The van der Waals surface area contributed by atoms with Crippen molar-refractivity contribution in [3.63, 3.8) is 0 Å². The molecular formula is C13H18BrN5. The van der Waals surface area contributed by atoms with Crippen molar-refractivity contribution in [2.75, 3.05) is 11.9 Å². The molecule has 0 aliphatic heterocycles. The molecule has 102 valence electrons. The van der Waals surface area contributed by atoms with Gasteiger partial charge in [0.05, 0.1) is 22.7 Å². The number of rotatable bonds is 4. The third-order valence-electron chi connectivity index (χ3n) is 2.81. The standard InChI is InChI=1S/C13H18BrN5/c1-5-16-13-11(14)9(4)17-12(18-13)10-6-15-7-19(10)8(2)3/h6-8H,5H2,1-4H3,(H,16,17,18). The highest BCUT2D eigenvalue weighted by Crippen LogP contribution is 2.27. The molecule has 0 aliphatic rings. The molecule has 0 atom stereocenters. The van der Waals surface area contributed by atoms with Gasteiger partial charge in [-0.25, -0.2) is 15.0 Å². The van der Waals surface area contributed by atoms with Crippen molar-refractivity contribution in [2.24, 2.45) is 0 Å². The molecule has 2 aromatic rings. The van der Waals surface area contributed by atoms with E-state index in [0.717, 1.165) is 28.2 Å². The Hall–Kier alpha value is -1.43. The normalized spacial score (nSPS) is 11.1. The molecule has 19 heavy (non-hydrogen) atoms. The Kier molecular flexibility index (Phi) is 4.19.